The Morgan fingerprint density at radius 2 is 1.82 bits per heavy atom. The normalized spacial score (nSPS) is 19.9. The van der Waals surface area contributed by atoms with Gasteiger partial charge in [-0.2, -0.15) is 0 Å². The van der Waals surface area contributed by atoms with E-state index < -0.39 is 0 Å². The van der Waals surface area contributed by atoms with Gasteiger partial charge in [-0.15, -0.1) is 11.8 Å². The van der Waals surface area contributed by atoms with Gasteiger partial charge in [0.25, 0.3) is 0 Å². The van der Waals surface area contributed by atoms with E-state index in [9.17, 15) is 0 Å². The Labute approximate surface area is 105 Å². The third-order valence-corrected chi connectivity index (χ3v) is 3.64. The predicted molar refractivity (Wildman–Crippen MR) is 73.7 cm³/mol. The third-order valence-electron chi connectivity index (χ3n) is 3.64. The van der Waals surface area contributed by atoms with Gasteiger partial charge in [0.05, 0.1) is 0 Å². The van der Waals surface area contributed by atoms with E-state index in [0.29, 0.717) is 0 Å². The zero-order valence-corrected chi connectivity index (χ0v) is 10.6. The van der Waals surface area contributed by atoms with Gasteiger partial charge in [-0.1, -0.05) is 36.8 Å². The zero-order valence-electron chi connectivity index (χ0n) is 10.6. The largest absolute Gasteiger partial charge is 0.103 e. The monoisotopic (exact) mass is 226 g/mol. The quantitative estimate of drug-likeness (QED) is 0.659. The fourth-order valence-electron chi connectivity index (χ4n) is 2.60. The minimum atomic E-state index is 0.924. The Bertz CT molecular complexity index is 366. The lowest BCUT2D eigenvalue weighted by Gasteiger charge is -2.16. The first kappa shape index (κ1) is 12.2. The molecule has 1 aromatic carbocycles. The van der Waals surface area contributed by atoms with Crippen molar-refractivity contribution in [2.45, 2.75) is 51.4 Å². The van der Waals surface area contributed by atoms with Crippen LogP contribution in [0.3, 0.4) is 0 Å². The van der Waals surface area contributed by atoms with Crippen LogP contribution in [-0.2, 0) is 6.42 Å². The van der Waals surface area contributed by atoms with Crippen LogP contribution >= 0.6 is 0 Å². The van der Waals surface area contributed by atoms with E-state index in [-0.39, 0.29) is 0 Å². The average Bonchev–Trinajstić information content (AvgIpc) is 2.33. The lowest BCUT2D eigenvalue weighted by atomic mass is 9.90. The van der Waals surface area contributed by atoms with Gasteiger partial charge in [-0.3, -0.25) is 0 Å². The van der Waals surface area contributed by atoms with E-state index in [4.69, 9.17) is 0 Å². The van der Waals surface area contributed by atoms with Gasteiger partial charge < -0.3 is 0 Å². The number of benzene rings is 1. The molecular formula is C17H22. The number of rotatable bonds is 4. The number of hydrogen-bond acceptors (Lipinski definition) is 0. The van der Waals surface area contributed by atoms with E-state index in [0.717, 1.165) is 18.8 Å². The second-order valence-corrected chi connectivity index (χ2v) is 5.03. The first-order valence-electron chi connectivity index (χ1n) is 6.95. The van der Waals surface area contributed by atoms with Gasteiger partial charge in [0.2, 0.25) is 0 Å². The van der Waals surface area contributed by atoms with E-state index in [1.54, 1.807) is 0 Å². The van der Waals surface area contributed by atoms with Crippen molar-refractivity contribution in [3.63, 3.8) is 0 Å². The average molecular weight is 226 g/mol. The molecule has 1 aromatic rings. The van der Waals surface area contributed by atoms with Crippen molar-refractivity contribution in [1.29, 1.82) is 0 Å². The molecule has 0 N–H and O–H groups in total. The standard InChI is InChI=1S/C17H22/c1-2-5-10-16(11-6-3-1)14-9-15-17-12-7-4-8-13-17/h4,7-8,12-13,16H,2,5-6,9-11,14-15H2. The molecule has 0 nitrogen and oxygen atoms in total. The summed E-state index contributed by atoms with van der Waals surface area (Å²) in [6.45, 7) is 0. The molecule has 0 radical (unpaired) electrons. The minimum absolute atomic E-state index is 0.924. The highest BCUT2D eigenvalue weighted by Crippen LogP contribution is 2.22. The van der Waals surface area contributed by atoms with Crippen LogP contribution in [0.4, 0.5) is 0 Å². The first-order valence-corrected chi connectivity index (χ1v) is 6.95. The van der Waals surface area contributed by atoms with Crippen LogP contribution in [0, 0.1) is 17.8 Å². The van der Waals surface area contributed by atoms with Crippen molar-refractivity contribution in [1.82, 2.24) is 0 Å². The summed E-state index contributed by atoms with van der Waals surface area (Å²) in [5.41, 5.74) is 1.48. The Morgan fingerprint density at radius 1 is 1.00 bits per heavy atom. The second-order valence-electron chi connectivity index (χ2n) is 5.03. The van der Waals surface area contributed by atoms with Gasteiger partial charge in [0.1, 0.15) is 0 Å². The predicted octanol–water partition coefficient (Wildman–Crippen LogP) is 4.59. The number of hydrogen-bond donors (Lipinski definition) is 0. The van der Waals surface area contributed by atoms with Crippen LogP contribution in [0.1, 0.15) is 50.5 Å². The Hall–Kier alpha value is -1.22. The van der Waals surface area contributed by atoms with Crippen LogP contribution in [0.2, 0.25) is 0 Å². The summed E-state index contributed by atoms with van der Waals surface area (Å²) in [7, 11) is 0. The van der Waals surface area contributed by atoms with E-state index in [1.165, 1.54) is 44.1 Å². The molecule has 0 heterocycles. The van der Waals surface area contributed by atoms with Gasteiger partial charge in [0.15, 0.2) is 0 Å². The van der Waals surface area contributed by atoms with Crippen molar-refractivity contribution in [2.24, 2.45) is 5.92 Å². The Morgan fingerprint density at radius 3 is 2.71 bits per heavy atom. The van der Waals surface area contributed by atoms with Gasteiger partial charge in [0, 0.05) is 12.8 Å². The summed E-state index contributed by atoms with van der Waals surface area (Å²) < 4.78 is 0. The molecule has 0 spiro atoms. The molecule has 0 aliphatic heterocycles. The molecule has 1 unspecified atom stereocenters. The van der Waals surface area contributed by atoms with Gasteiger partial charge >= 0.3 is 0 Å². The van der Waals surface area contributed by atoms with Crippen molar-refractivity contribution < 1.29 is 0 Å². The molecular weight excluding hydrogens is 204 g/mol. The highest BCUT2D eigenvalue weighted by molar-refractivity contribution is 5.14. The molecule has 0 bridgehead atoms. The van der Waals surface area contributed by atoms with Gasteiger partial charge in [-0.05, 0) is 43.6 Å². The highest BCUT2D eigenvalue weighted by Gasteiger charge is 2.08. The van der Waals surface area contributed by atoms with Crippen LogP contribution in [-0.4, -0.2) is 0 Å². The molecule has 0 saturated heterocycles. The fraction of sp³-hybridized carbons (Fsp3) is 0.529. The summed E-state index contributed by atoms with van der Waals surface area (Å²) in [5.74, 6) is 7.44. The summed E-state index contributed by atoms with van der Waals surface area (Å²) >= 11 is 0. The molecule has 90 valence electrons. The van der Waals surface area contributed by atoms with E-state index in [1.807, 2.05) is 0 Å². The topological polar surface area (TPSA) is 0 Å². The Balaban J connectivity index is 1.69. The van der Waals surface area contributed by atoms with Gasteiger partial charge in [-0.25, -0.2) is 0 Å². The van der Waals surface area contributed by atoms with Crippen molar-refractivity contribution in [3.8, 4) is 11.8 Å². The molecule has 0 aromatic heterocycles. The molecule has 0 saturated carbocycles. The molecule has 1 aliphatic rings. The maximum absolute atomic E-state index is 3.28. The van der Waals surface area contributed by atoms with Crippen LogP contribution in [0.25, 0.3) is 0 Å². The lowest BCUT2D eigenvalue weighted by molar-refractivity contribution is 0.401. The molecule has 0 fully saturated rings. The SMILES string of the molecule is C1#CCCC(CCCc2ccccc2)CCC1. The molecule has 2 rings (SSSR count). The molecule has 0 heteroatoms. The van der Waals surface area contributed by atoms with Crippen molar-refractivity contribution >= 4 is 0 Å². The van der Waals surface area contributed by atoms with Crippen LogP contribution < -0.4 is 0 Å². The van der Waals surface area contributed by atoms with Crippen LogP contribution in [0.5, 0.6) is 0 Å². The third kappa shape index (κ3) is 4.65. The van der Waals surface area contributed by atoms with Crippen molar-refractivity contribution in [3.05, 3.63) is 35.9 Å². The molecule has 17 heavy (non-hydrogen) atoms. The van der Waals surface area contributed by atoms with Crippen LogP contribution in [0.15, 0.2) is 30.3 Å². The summed E-state index contributed by atoms with van der Waals surface area (Å²) in [6.07, 6.45) is 10.2. The zero-order chi connectivity index (χ0) is 11.8. The van der Waals surface area contributed by atoms with E-state index in [2.05, 4.69) is 42.2 Å². The second kappa shape index (κ2) is 7.17. The Kier molecular flexibility index (Phi) is 5.17. The molecule has 0 amide bonds. The lowest BCUT2D eigenvalue weighted by Crippen LogP contribution is -2.02. The fourth-order valence-corrected chi connectivity index (χ4v) is 2.60. The maximum atomic E-state index is 3.28. The summed E-state index contributed by atoms with van der Waals surface area (Å²) in [4.78, 5) is 0. The first-order chi connectivity index (χ1) is 8.45. The summed E-state index contributed by atoms with van der Waals surface area (Å²) in [5, 5.41) is 0. The molecule has 1 atom stereocenters. The number of aryl methyl sites for hydroxylation is 1. The smallest absolute Gasteiger partial charge is 0.00913 e. The minimum Gasteiger partial charge on any atom is -0.103 e. The van der Waals surface area contributed by atoms with E-state index >= 15 is 0 Å². The molecule has 1 aliphatic carbocycles. The maximum Gasteiger partial charge on any atom is 0.00913 e. The highest BCUT2D eigenvalue weighted by atomic mass is 14.1. The summed E-state index contributed by atoms with van der Waals surface area (Å²) in [6, 6.07) is 10.9. The van der Waals surface area contributed by atoms with Crippen molar-refractivity contribution in [2.75, 3.05) is 0 Å².